The first-order chi connectivity index (χ1) is 13.6. The number of nitrogens with one attached hydrogen (secondary N) is 1. The first-order valence-electron chi connectivity index (χ1n) is 8.63. The number of fused-ring (bicyclic) bond motifs is 2. The Morgan fingerprint density at radius 3 is 2.64 bits per heavy atom. The minimum atomic E-state index is -0.433. The van der Waals surface area contributed by atoms with Crippen LogP contribution in [0.3, 0.4) is 0 Å². The number of benzene rings is 2. The van der Waals surface area contributed by atoms with E-state index in [0.717, 1.165) is 5.56 Å². The van der Waals surface area contributed by atoms with Crippen molar-refractivity contribution in [1.29, 1.82) is 0 Å². The van der Waals surface area contributed by atoms with Crippen LogP contribution >= 0.6 is 12.2 Å². The lowest BCUT2D eigenvalue weighted by atomic mass is 10.0. The number of nitrogens with two attached hydrogens (primary N) is 1. The van der Waals surface area contributed by atoms with Gasteiger partial charge in [-0.1, -0.05) is 42.5 Å². The molecule has 3 aromatic heterocycles. The van der Waals surface area contributed by atoms with Crippen LogP contribution in [0, 0.1) is 10.6 Å². The van der Waals surface area contributed by atoms with E-state index in [1.54, 1.807) is 22.9 Å². The molecule has 0 atom stereocenters. The van der Waals surface area contributed by atoms with Crippen LogP contribution in [0.2, 0.25) is 0 Å². The molecule has 2 aromatic carbocycles. The van der Waals surface area contributed by atoms with Crippen LogP contribution in [0.4, 0.5) is 10.2 Å². The molecule has 0 aliphatic carbocycles. The number of aromatic nitrogens is 4. The van der Waals surface area contributed by atoms with Gasteiger partial charge in [0.15, 0.2) is 10.6 Å². The highest BCUT2D eigenvalue weighted by Crippen LogP contribution is 2.33. The number of H-pyrrole nitrogens is 1. The third-order valence-electron chi connectivity index (χ3n) is 4.74. The highest BCUT2D eigenvalue weighted by Gasteiger charge is 2.17. The van der Waals surface area contributed by atoms with Gasteiger partial charge in [-0.2, -0.15) is 0 Å². The van der Waals surface area contributed by atoms with E-state index in [4.69, 9.17) is 18.0 Å². The summed E-state index contributed by atoms with van der Waals surface area (Å²) in [5.41, 5.74) is 9.34. The standard InChI is InChI=1S/C21H14FN5S/c22-16-14(18-19-20(23)24-10-11-27(19)21(28)26-18)8-6-13-7-9-15(25-17(13)16)12-4-2-1-3-5-12/h1-11H,(H2,23,24)(H,26,28). The van der Waals surface area contributed by atoms with Gasteiger partial charge in [0.2, 0.25) is 0 Å². The first kappa shape index (κ1) is 16.6. The molecule has 0 radical (unpaired) electrons. The Hall–Kier alpha value is -3.58. The molecular weight excluding hydrogens is 373 g/mol. The zero-order valence-electron chi connectivity index (χ0n) is 14.6. The number of imidazole rings is 1. The zero-order chi connectivity index (χ0) is 19.3. The van der Waals surface area contributed by atoms with Gasteiger partial charge in [0.25, 0.3) is 0 Å². The van der Waals surface area contributed by atoms with Crippen LogP contribution in [0.5, 0.6) is 0 Å². The van der Waals surface area contributed by atoms with Gasteiger partial charge in [-0.15, -0.1) is 0 Å². The average Bonchev–Trinajstić information content (AvgIpc) is 3.06. The third kappa shape index (κ3) is 2.48. The normalized spacial score (nSPS) is 11.3. The maximum atomic E-state index is 15.5. The molecule has 7 heteroatoms. The van der Waals surface area contributed by atoms with Gasteiger partial charge >= 0.3 is 0 Å². The maximum Gasteiger partial charge on any atom is 0.182 e. The van der Waals surface area contributed by atoms with Crippen molar-refractivity contribution in [3.05, 3.63) is 77.6 Å². The first-order valence-corrected chi connectivity index (χ1v) is 9.04. The molecule has 136 valence electrons. The van der Waals surface area contributed by atoms with E-state index in [2.05, 4.69) is 15.0 Å². The summed E-state index contributed by atoms with van der Waals surface area (Å²) in [6.07, 6.45) is 3.25. The van der Waals surface area contributed by atoms with E-state index in [1.807, 2.05) is 48.5 Å². The summed E-state index contributed by atoms with van der Waals surface area (Å²) in [5.74, 6) is -0.160. The Kier molecular flexibility index (Phi) is 3.70. The van der Waals surface area contributed by atoms with Crippen LogP contribution in [0.1, 0.15) is 0 Å². The van der Waals surface area contributed by atoms with Gasteiger partial charge in [0.1, 0.15) is 16.9 Å². The Morgan fingerprint density at radius 1 is 1.04 bits per heavy atom. The molecule has 0 unspecified atom stereocenters. The van der Waals surface area contributed by atoms with Gasteiger partial charge in [-0.3, -0.25) is 4.40 Å². The van der Waals surface area contributed by atoms with Gasteiger partial charge in [0.05, 0.1) is 11.4 Å². The van der Waals surface area contributed by atoms with Crippen LogP contribution in [0.25, 0.3) is 38.9 Å². The molecule has 28 heavy (non-hydrogen) atoms. The predicted molar refractivity (Wildman–Crippen MR) is 111 cm³/mol. The minimum absolute atomic E-state index is 0.273. The predicted octanol–water partition coefficient (Wildman–Crippen LogP) is 5.00. The van der Waals surface area contributed by atoms with Crippen molar-refractivity contribution in [2.75, 3.05) is 5.73 Å². The van der Waals surface area contributed by atoms with Crippen LogP contribution in [0.15, 0.2) is 67.0 Å². The molecule has 5 nitrogen and oxygen atoms in total. The SMILES string of the molecule is Nc1nccn2c(=S)[nH]c(-c3ccc4ccc(-c5ccccc5)nc4c3F)c12. The summed E-state index contributed by atoms with van der Waals surface area (Å²) >= 11 is 5.34. The number of pyridine rings is 1. The number of hydrogen-bond acceptors (Lipinski definition) is 4. The molecule has 0 bridgehead atoms. The number of aromatic amines is 1. The van der Waals surface area contributed by atoms with Gasteiger partial charge in [0, 0.05) is 28.9 Å². The molecule has 0 saturated heterocycles. The second-order valence-electron chi connectivity index (χ2n) is 6.40. The van der Waals surface area contributed by atoms with Crippen molar-refractivity contribution in [2.45, 2.75) is 0 Å². The number of hydrogen-bond donors (Lipinski definition) is 2. The Morgan fingerprint density at radius 2 is 1.82 bits per heavy atom. The molecule has 0 saturated carbocycles. The van der Waals surface area contributed by atoms with Crippen LogP contribution in [-0.4, -0.2) is 19.4 Å². The summed E-state index contributed by atoms with van der Waals surface area (Å²) < 4.78 is 17.6. The molecule has 0 spiro atoms. The van der Waals surface area contributed by atoms with E-state index in [0.29, 0.717) is 38.1 Å². The lowest BCUT2D eigenvalue weighted by Gasteiger charge is -2.08. The molecule has 0 amide bonds. The lowest BCUT2D eigenvalue weighted by molar-refractivity contribution is 0.640. The average molecular weight is 387 g/mol. The molecule has 0 aliphatic heterocycles. The summed E-state index contributed by atoms with van der Waals surface area (Å²) in [5, 5.41) is 0.717. The van der Waals surface area contributed by atoms with E-state index in [9.17, 15) is 0 Å². The summed E-state index contributed by atoms with van der Waals surface area (Å²) in [6, 6.07) is 17.0. The Balaban J connectivity index is 1.78. The van der Waals surface area contributed by atoms with Crippen molar-refractivity contribution in [2.24, 2.45) is 0 Å². The minimum Gasteiger partial charge on any atom is -0.382 e. The quantitative estimate of drug-likeness (QED) is 0.418. The van der Waals surface area contributed by atoms with E-state index < -0.39 is 5.82 Å². The third-order valence-corrected chi connectivity index (χ3v) is 5.04. The van der Waals surface area contributed by atoms with E-state index in [1.165, 1.54) is 0 Å². The topological polar surface area (TPSA) is 72.0 Å². The fourth-order valence-corrected chi connectivity index (χ4v) is 3.65. The lowest BCUT2D eigenvalue weighted by Crippen LogP contribution is -1.97. The molecule has 3 N–H and O–H groups in total. The van der Waals surface area contributed by atoms with Crippen molar-refractivity contribution in [3.63, 3.8) is 0 Å². The molecule has 3 heterocycles. The number of nitrogens with zero attached hydrogens (tertiary/aromatic N) is 3. The maximum absolute atomic E-state index is 15.5. The van der Waals surface area contributed by atoms with Gasteiger partial charge in [-0.05, 0) is 24.4 Å². The fourth-order valence-electron chi connectivity index (χ4n) is 3.40. The number of nitrogen functional groups attached to an aromatic ring is 1. The number of anilines is 1. The zero-order valence-corrected chi connectivity index (χ0v) is 15.4. The molecule has 5 aromatic rings. The fraction of sp³-hybridized carbons (Fsp3) is 0. The molecule has 0 fully saturated rings. The summed E-state index contributed by atoms with van der Waals surface area (Å²) in [4.78, 5) is 11.7. The number of halogens is 1. The van der Waals surface area contributed by atoms with Crippen molar-refractivity contribution >= 4 is 34.5 Å². The number of rotatable bonds is 2. The molecule has 0 aliphatic rings. The molecule has 5 rings (SSSR count). The van der Waals surface area contributed by atoms with Crippen LogP contribution < -0.4 is 5.73 Å². The summed E-state index contributed by atoms with van der Waals surface area (Å²) in [6.45, 7) is 0. The highest BCUT2D eigenvalue weighted by atomic mass is 32.1. The van der Waals surface area contributed by atoms with Gasteiger partial charge < -0.3 is 10.7 Å². The Labute approximate surface area is 164 Å². The van der Waals surface area contributed by atoms with Crippen molar-refractivity contribution in [1.82, 2.24) is 19.4 Å². The molecular formula is C21H14FN5S. The summed E-state index contributed by atoms with van der Waals surface area (Å²) in [7, 11) is 0. The second kappa shape index (κ2) is 6.24. The smallest absolute Gasteiger partial charge is 0.182 e. The van der Waals surface area contributed by atoms with E-state index >= 15 is 4.39 Å². The van der Waals surface area contributed by atoms with E-state index in [-0.39, 0.29) is 5.82 Å². The van der Waals surface area contributed by atoms with Crippen molar-refractivity contribution in [3.8, 4) is 22.5 Å². The highest BCUT2D eigenvalue weighted by molar-refractivity contribution is 7.71. The van der Waals surface area contributed by atoms with Crippen molar-refractivity contribution < 1.29 is 4.39 Å². The van der Waals surface area contributed by atoms with Gasteiger partial charge in [-0.25, -0.2) is 14.4 Å². The largest absolute Gasteiger partial charge is 0.382 e. The Bertz CT molecular complexity index is 1410. The monoisotopic (exact) mass is 387 g/mol. The van der Waals surface area contributed by atoms with Crippen LogP contribution in [-0.2, 0) is 0 Å². The second-order valence-corrected chi connectivity index (χ2v) is 6.78.